The highest BCUT2D eigenvalue weighted by Gasteiger charge is 2.34. The topological polar surface area (TPSA) is 42.5 Å². The van der Waals surface area contributed by atoms with Crippen molar-refractivity contribution in [3.63, 3.8) is 0 Å². The van der Waals surface area contributed by atoms with Crippen LogP contribution >= 0.6 is 12.4 Å². The lowest BCUT2D eigenvalue weighted by molar-refractivity contribution is -0.137. The Balaban J connectivity index is 0.00000243. The Labute approximate surface area is 158 Å². The van der Waals surface area contributed by atoms with Crippen LogP contribution in [0.4, 0.5) is 13.2 Å². The van der Waals surface area contributed by atoms with Crippen LogP contribution in [0.15, 0.2) is 24.3 Å². The van der Waals surface area contributed by atoms with Crippen molar-refractivity contribution in [3.8, 4) is 5.75 Å². The summed E-state index contributed by atoms with van der Waals surface area (Å²) in [6, 6.07) is 5.67. The molecule has 0 aromatic heterocycles. The van der Waals surface area contributed by atoms with E-state index in [0.29, 0.717) is 36.9 Å². The molecule has 1 heterocycles. The van der Waals surface area contributed by atoms with E-state index in [4.69, 9.17) is 9.47 Å². The highest BCUT2D eigenvalue weighted by Crippen LogP contribution is 2.31. The zero-order chi connectivity index (χ0) is 17.7. The molecule has 1 aliphatic carbocycles. The van der Waals surface area contributed by atoms with Gasteiger partial charge in [0.1, 0.15) is 12.4 Å². The number of nitrogens with one attached hydrogen (secondary N) is 2. The van der Waals surface area contributed by atoms with Crippen molar-refractivity contribution >= 4 is 12.4 Å². The molecule has 1 aromatic carbocycles. The standard InChI is InChI=1S/C18H25F3N2O2.ClH/c19-18(20,21)13-4-6-14(7-5-13)25-11-9-22-16-3-1-2-15(16)17-12-24-10-8-23-17;/h4-7,15-17,22-23H,1-3,8-12H2;1H. The first-order valence-corrected chi connectivity index (χ1v) is 8.88. The van der Waals surface area contributed by atoms with Gasteiger partial charge in [0.2, 0.25) is 0 Å². The quantitative estimate of drug-likeness (QED) is 0.727. The third-order valence-electron chi connectivity index (χ3n) is 5.00. The molecular weight excluding hydrogens is 369 g/mol. The number of hydrogen-bond donors (Lipinski definition) is 2. The van der Waals surface area contributed by atoms with E-state index in [0.717, 1.165) is 38.3 Å². The fourth-order valence-corrected chi connectivity index (χ4v) is 3.74. The second kappa shape index (κ2) is 9.78. The zero-order valence-electron chi connectivity index (χ0n) is 14.6. The minimum absolute atomic E-state index is 0. The van der Waals surface area contributed by atoms with Gasteiger partial charge in [-0.25, -0.2) is 0 Å². The maximum atomic E-state index is 12.5. The third-order valence-corrected chi connectivity index (χ3v) is 5.00. The first-order valence-electron chi connectivity index (χ1n) is 8.88. The van der Waals surface area contributed by atoms with E-state index in [9.17, 15) is 13.2 Å². The smallest absolute Gasteiger partial charge is 0.416 e. The number of halogens is 4. The number of ether oxygens (including phenoxy) is 2. The minimum Gasteiger partial charge on any atom is -0.492 e. The van der Waals surface area contributed by atoms with Crippen molar-refractivity contribution in [2.45, 2.75) is 37.5 Å². The molecule has 1 saturated heterocycles. The Morgan fingerprint density at radius 3 is 2.62 bits per heavy atom. The first kappa shape index (κ1) is 21.3. The summed E-state index contributed by atoms with van der Waals surface area (Å²) >= 11 is 0. The lowest BCUT2D eigenvalue weighted by atomic mass is 9.94. The largest absolute Gasteiger partial charge is 0.492 e. The molecule has 4 nitrogen and oxygen atoms in total. The molecular formula is C18H26ClF3N2O2. The molecule has 3 unspecified atom stereocenters. The number of morpholine rings is 1. The van der Waals surface area contributed by atoms with Gasteiger partial charge in [0.05, 0.1) is 18.8 Å². The fraction of sp³-hybridized carbons (Fsp3) is 0.667. The van der Waals surface area contributed by atoms with Crippen LogP contribution in [0, 0.1) is 5.92 Å². The Hall–Kier alpha value is -1.02. The molecule has 3 atom stereocenters. The molecule has 0 amide bonds. The predicted octanol–water partition coefficient (Wildman–Crippen LogP) is 3.25. The van der Waals surface area contributed by atoms with Crippen LogP contribution in [0.2, 0.25) is 0 Å². The maximum Gasteiger partial charge on any atom is 0.416 e. The molecule has 2 fully saturated rings. The van der Waals surface area contributed by atoms with Crippen LogP contribution in [-0.2, 0) is 10.9 Å². The van der Waals surface area contributed by atoms with E-state index >= 15 is 0 Å². The van der Waals surface area contributed by atoms with Crippen LogP contribution in [0.5, 0.6) is 5.75 Å². The highest BCUT2D eigenvalue weighted by atomic mass is 35.5. The lowest BCUT2D eigenvalue weighted by Crippen LogP contribution is -2.51. The summed E-state index contributed by atoms with van der Waals surface area (Å²) in [5, 5.41) is 7.07. The van der Waals surface area contributed by atoms with E-state index in [1.165, 1.54) is 25.0 Å². The molecule has 0 radical (unpaired) electrons. The van der Waals surface area contributed by atoms with Gasteiger partial charge in [0, 0.05) is 25.2 Å². The van der Waals surface area contributed by atoms with Crippen molar-refractivity contribution in [2.75, 3.05) is 32.9 Å². The molecule has 2 aliphatic rings. The monoisotopic (exact) mass is 394 g/mol. The van der Waals surface area contributed by atoms with Gasteiger partial charge in [-0.2, -0.15) is 13.2 Å². The van der Waals surface area contributed by atoms with Crippen molar-refractivity contribution in [1.29, 1.82) is 0 Å². The summed E-state index contributed by atoms with van der Waals surface area (Å²) in [5.41, 5.74) is -0.658. The average molecular weight is 395 g/mol. The number of benzene rings is 1. The summed E-state index contributed by atoms with van der Waals surface area (Å²) in [5.74, 6) is 1.02. The number of rotatable bonds is 6. The van der Waals surface area contributed by atoms with Crippen LogP contribution in [0.1, 0.15) is 24.8 Å². The highest BCUT2D eigenvalue weighted by molar-refractivity contribution is 5.85. The molecule has 0 spiro atoms. The predicted molar refractivity (Wildman–Crippen MR) is 95.9 cm³/mol. The van der Waals surface area contributed by atoms with E-state index in [2.05, 4.69) is 10.6 Å². The molecule has 26 heavy (non-hydrogen) atoms. The van der Waals surface area contributed by atoms with E-state index in [-0.39, 0.29) is 12.4 Å². The second-order valence-corrected chi connectivity index (χ2v) is 6.66. The van der Waals surface area contributed by atoms with Crippen LogP contribution in [0.25, 0.3) is 0 Å². The van der Waals surface area contributed by atoms with Gasteiger partial charge in [-0.15, -0.1) is 12.4 Å². The Bertz CT molecular complexity index is 536. The van der Waals surface area contributed by atoms with Crippen molar-refractivity contribution < 1.29 is 22.6 Å². The summed E-state index contributed by atoms with van der Waals surface area (Å²) in [4.78, 5) is 0. The summed E-state index contributed by atoms with van der Waals surface area (Å²) in [7, 11) is 0. The van der Waals surface area contributed by atoms with Crippen molar-refractivity contribution in [3.05, 3.63) is 29.8 Å². The average Bonchev–Trinajstić information content (AvgIpc) is 3.08. The lowest BCUT2D eigenvalue weighted by Gasteiger charge is -2.33. The Morgan fingerprint density at radius 2 is 1.96 bits per heavy atom. The molecule has 8 heteroatoms. The van der Waals surface area contributed by atoms with Gasteiger partial charge in [0.25, 0.3) is 0 Å². The van der Waals surface area contributed by atoms with Gasteiger partial charge >= 0.3 is 6.18 Å². The number of alkyl halides is 3. The molecule has 3 rings (SSSR count). The van der Waals surface area contributed by atoms with Crippen molar-refractivity contribution in [1.82, 2.24) is 10.6 Å². The van der Waals surface area contributed by atoms with Crippen LogP contribution in [-0.4, -0.2) is 45.0 Å². The molecule has 1 aliphatic heterocycles. The van der Waals surface area contributed by atoms with E-state index < -0.39 is 11.7 Å². The maximum absolute atomic E-state index is 12.5. The third kappa shape index (κ3) is 5.74. The molecule has 1 aromatic rings. The normalized spacial score (nSPS) is 26.3. The van der Waals surface area contributed by atoms with Gasteiger partial charge in [0.15, 0.2) is 0 Å². The SMILES string of the molecule is Cl.FC(F)(F)c1ccc(OCCNC2CCCC2C2COCCN2)cc1. The number of hydrogen-bond acceptors (Lipinski definition) is 4. The van der Waals surface area contributed by atoms with Gasteiger partial charge < -0.3 is 20.1 Å². The van der Waals surface area contributed by atoms with Gasteiger partial charge in [-0.3, -0.25) is 0 Å². The Kier molecular flexibility index (Phi) is 8.01. The second-order valence-electron chi connectivity index (χ2n) is 6.66. The molecule has 2 N–H and O–H groups in total. The van der Waals surface area contributed by atoms with E-state index in [1.54, 1.807) is 0 Å². The van der Waals surface area contributed by atoms with Crippen molar-refractivity contribution in [2.24, 2.45) is 5.92 Å². The Morgan fingerprint density at radius 1 is 1.19 bits per heavy atom. The molecule has 148 valence electrons. The van der Waals surface area contributed by atoms with Crippen LogP contribution < -0.4 is 15.4 Å². The fourth-order valence-electron chi connectivity index (χ4n) is 3.74. The molecule has 0 bridgehead atoms. The molecule has 1 saturated carbocycles. The first-order chi connectivity index (χ1) is 12.0. The van der Waals surface area contributed by atoms with Crippen LogP contribution in [0.3, 0.4) is 0 Å². The summed E-state index contributed by atoms with van der Waals surface area (Å²) in [6.07, 6.45) is -0.768. The van der Waals surface area contributed by atoms with E-state index in [1.807, 2.05) is 0 Å². The minimum atomic E-state index is -4.31. The summed E-state index contributed by atoms with van der Waals surface area (Å²) < 4.78 is 48.7. The van der Waals surface area contributed by atoms with Gasteiger partial charge in [-0.1, -0.05) is 6.42 Å². The zero-order valence-corrected chi connectivity index (χ0v) is 15.4. The van der Waals surface area contributed by atoms with Gasteiger partial charge in [-0.05, 0) is 43.0 Å². The summed E-state index contributed by atoms with van der Waals surface area (Å²) in [6.45, 7) is 3.57.